The van der Waals surface area contributed by atoms with E-state index in [9.17, 15) is 24.3 Å². The zero-order valence-corrected chi connectivity index (χ0v) is 22.0. The van der Waals surface area contributed by atoms with E-state index in [2.05, 4.69) is 0 Å². The summed E-state index contributed by atoms with van der Waals surface area (Å²) >= 11 is 26.4. The fraction of sp³-hybridized carbons (Fsp3) is 0.391. The number of halogens is 4. The largest absolute Gasteiger partial charge is 0.504 e. The molecule has 1 aliphatic heterocycles. The molecule has 1 saturated carbocycles. The molecule has 9 nitrogen and oxygen atoms in total. The fourth-order valence-corrected chi connectivity index (χ4v) is 6.98. The van der Waals surface area contributed by atoms with Gasteiger partial charge in [-0.2, -0.15) is 0 Å². The monoisotopic (exact) mass is 573 g/mol. The number of ether oxygens (including phenoxy) is 1. The van der Waals surface area contributed by atoms with Gasteiger partial charge in [-0.3, -0.25) is 9.59 Å². The third-order valence-electron chi connectivity index (χ3n) is 7.14. The third kappa shape index (κ3) is 2.97. The summed E-state index contributed by atoms with van der Waals surface area (Å²) in [6, 6.07) is 3.69. The number of phenolic OH excluding ortho intramolecular Hbond substituents is 1. The number of hydrogen-bond donors (Lipinski definition) is 1. The Balaban J connectivity index is 1.86. The molecule has 0 spiro atoms. The van der Waals surface area contributed by atoms with E-state index in [1.54, 1.807) is 19.1 Å². The van der Waals surface area contributed by atoms with Crippen LogP contribution < -0.4 is 16.1 Å². The van der Waals surface area contributed by atoms with E-state index in [0.29, 0.717) is 5.57 Å². The Morgan fingerprint density at radius 1 is 1.08 bits per heavy atom. The van der Waals surface area contributed by atoms with Crippen molar-refractivity contribution >= 4 is 58.0 Å². The maximum atomic E-state index is 13.7. The first-order valence-corrected chi connectivity index (χ1v) is 12.5. The Kier molecular flexibility index (Phi) is 5.79. The van der Waals surface area contributed by atoms with E-state index in [1.165, 1.54) is 28.5 Å². The molecule has 190 valence electrons. The molecule has 1 aromatic carbocycles. The number of nitrogens with zero attached hydrogens (tertiary/aromatic N) is 3. The van der Waals surface area contributed by atoms with Crippen LogP contribution in [0.25, 0.3) is 0 Å². The highest BCUT2D eigenvalue weighted by atomic mass is 35.5. The Hall–Kier alpha value is -2.46. The average molecular weight is 575 g/mol. The molecule has 5 rings (SSSR count). The van der Waals surface area contributed by atoms with Gasteiger partial charge in [0.05, 0.1) is 19.2 Å². The zero-order chi connectivity index (χ0) is 26.3. The van der Waals surface area contributed by atoms with E-state index in [-0.39, 0.29) is 36.6 Å². The van der Waals surface area contributed by atoms with Crippen molar-refractivity contribution in [2.45, 2.75) is 41.6 Å². The van der Waals surface area contributed by atoms with Crippen molar-refractivity contribution in [3.8, 4) is 11.5 Å². The van der Waals surface area contributed by atoms with Gasteiger partial charge in [-0.05, 0) is 18.6 Å². The minimum absolute atomic E-state index is 0.0160. The standard InChI is InChI=1S/C23H19Cl4N3O6/c1-3-36-13-6-4-5-11(17(13)31)14-10-7-8-29-20(34)28(2)21(35)30(29)12(10)9-22(26)18(32)15(24)16(25)19(33)23(14,22)27/h4-7,12,14,31H,3,8-9H2,1-2H3. The number of ketones is 2. The number of alkyl halides is 2. The van der Waals surface area contributed by atoms with Crippen LogP contribution in [0.2, 0.25) is 0 Å². The molecule has 1 N–H and O–H groups in total. The molecule has 0 bridgehead atoms. The molecule has 2 aliphatic carbocycles. The van der Waals surface area contributed by atoms with E-state index in [1.807, 2.05) is 0 Å². The van der Waals surface area contributed by atoms with Gasteiger partial charge in [0.15, 0.2) is 23.1 Å². The van der Waals surface area contributed by atoms with Gasteiger partial charge >= 0.3 is 11.4 Å². The first-order chi connectivity index (χ1) is 16.9. The first kappa shape index (κ1) is 25.2. The number of rotatable bonds is 3. The Bertz CT molecular complexity index is 1530. The van der Waals surface area contributed by atoms with Crippen molar-refractivity contribution in [3.05, 3.63) is 66.4 Å². The van der Waals surface area contributed by atoms with Gasteiger partial charge in [-0.25, -0.2) is 23.5 Å². The van der Waals surface area contributed by atoms with Crippen LogP contribution >= 0.6 is 46.4 Å². The minimum atomic E-state index is -2.22. The van der Waals surface area contributed by atoms with Crippen LogP contribution in [0, 0.1) is 0 Å². The molecule has 0 saturated heterocycles. The summed E-state index contributed by atoms with van der Waals surface area (Å²) in [6.07, 6.45) is 1.32. The van der Waals surface area contributed by atoms with Gasteiger partial charge in [-0.15, -0.1) is 23.2 Å². The lowest BCUT2D eigenvalue weighted by atomic mass is 9.59. The van der Waals surface area contributed by atoms with Crippen molar-refractivity contribution in [1.29, 1.82) is 0 Å². The van der Waals surface area contributed by atoms with Crippen LogP contribution in [0.4, 0.5) is 0 Å². The second kappa shape index (κ2) is 8.28. The third-order valence-corrected chi connectivity index (χ3v) is 9.39. The second-order valence-electron chi connectivity index (χ2n) is 8.83. The highest BCUT2D eigenvalue weighted by Gasteiger charge is 2.71. The Morgan fingerprint density at radius 3 is 2.42 bits per heavy atom. The lowest BCUT2D eigenvalue weighted by Gasteiger charge is -2.54. The number of carbonyl (C=O) groups excluding carboxylic acids is 2. The molecular formula is C23H19Cl4N3O6. The fourth-order valence-electron chi connectivity index (χ4n) is 5.47. The lowest BCUT2D eigenvalue weighted by molar-refractivity contribution is -0.128. The van der Waals surface area contributed by atoms with Gasteiger partial charge in [0.1, 0.15) is 19.8 Å². The molecule has 1 fully saturated rings. The number of aromatic nitrogens is 3. The van der Waals surface area contributed by atoms with Crippen LogP contribution in [0.5, 0.6) is 11.5 Å². The molecule has 4 atom stereocenters. The number of para-hydroxylation sites is 1. The molecule has 3 aliphatic rings. The molecule has 4 unspecified atom stereocenters. The van der Waals surface area contributed by atoms with Crippen molar-refractivity contribution in [2.24, 2.45) is 7.05 Å². The highest BCUT2D eigenvalue weighted by Crippen LogP contribution is 2.64. The summed E-state index contributed by atoms with van der Waals surface area (Å²) < 4.78 is 8.86. The average Bonchev–Trinajstić information content (AvgIpc) is 3.08. The van der Waals surface area contributed by atoms with Crippen LogP contribution in [0.3, 0.4) is 0 Å². The molecule has 0 radical (unpaired) electrons. The number of carbonyl (C=O) groups is 2. The number of aromatic hydroxyl groups is 1. The molecule has 1 aromatic heterocycles. The SMILES string of the molecule is CCOc1cccc(C2C3=CCn4c(=O)n(C)c(=O)n4C3CC3(Cl)C(=O)C(Cl)=C(Cl)C(=O)C23Cl)c1O. The molecule has 2 aromatic rings. The normalized spacial score (nSPS) is 29.4. The van der Waals surface area contributed by atoms with Gasteiger partial charge in [-0.1, -0.05) is 41.4 Å². The summed E-state index contributed by atoms with van der Waals surface area (Å²) in [5, 5.41) is 10.0. The Labute approximate surface area is 224 Å². The van der Waals surface area contributed by atoms with E-state index < -0.39 is 54.7 Å². The van der Waals surface area contributed by atoms with Crippen molar-refractivity contribution in [3.63, 3.8) is 0 Å². The first-order valence-electron chi connectivity index (χ1n) is 11.0. The molecule has 2 heterocycles. The van der Waals surface area contributed by atoms with Crippen LogP contribution in [-0.2, 0) is 23.2 Å². The lowest BCUT2D eigenvalue weighted by Crippen LogP contribution is -2.67. The van der Waals surface area contributed by atoms with Gasteiger partial charge in [0, 0.05) is 24.9 Å². The van der Waals surface area contributed by atoms with Crippen LogP contribution in [-0.4, -0.2) is 47.0 Å². The number of benzene rings is 1. The maximum absolute atomic E-state index is 13.7. The zero-order valence-electron chi connectivity index (χ0n) is 18.9. The van der Waals surface area contributed by atoms with Crippen molar-refractivity contribution in [2.75, 3.05) is 6.61 Å². The number of allylic oxidation sites excluding steroid dienone is 4. The quantitative estimate of drug-likeness (QED) is 0.445. The van der Waals surface area contributed by atoms with Crippen LogP contribution in [0.15, 0.2) is 49.5 Å². The molecule has 13 heteroatoms. The number of hydrogen-bond acceptors (Lipinski definition) is 6. The smallest absolute Gasteiger partial charge is 0.347 e. The van der Waals surface area contributed by atoms with E-state index in [4.69, 9.17) is 51.1 Å². The van der Waals surface area contributed by atoms with Crippen molar-refractivity contribution < 1.29 is 19.4 Å². The minimum Gasteiger partial charge on any atom is -0.504 e. The van der Waals surface area contributed by atoms with E-state index >= 15 is 0 Å². The number of fused-ring (bicyclic) bond motifs is 4. The summed E-state index contributed by atoms with van der Waals surface area (Å²) in [7, 11) is 1.33. The summed E-state index contributed by atoms with van der Waals surface area (Å²) in [5.74, 6) is -3.21. The van der Waals surface area contributed by atoms with E-state index in [0.717, 1.165) is 4.57 Å². The number of phenols is 1. The maximum Gasteiger partial charge on any atom is 0.347 e. The van der Waals surface area contributed by atoms with Crippen molar-refractivity contribution in [1.82, 2.24) is 13.9 Å². The number of Topliss-reactive ketones (excluding diaryl/α,β-unsaturated/α-hetero) is 2. The highest BCUT2D eigenvalue weighted by molar-refractivity contribution is 6.66. The molecular weight excluding hydrogens is 556 g/mol. The summed E-state index contributed by atoms with van der Waals surface area (Å²) in [5.41, 5.74) is -0.647. The second-order valence-corrected chi connectivity index (χ2v) is 10.8. The van der Waals surface area contributed by atoms with Crippen LogP contribution in [0.1, 0.15) is 30.9 Å². The van der Waals surface area contributed by atoms with Gasteiger partial charge in [0.2, 0.25) is 0 Å². The van der Waals surface area contributed by atoms with Gasteiger partial charge in [0.25, 0.3) is 0 Å². The molecule has 36 heavy (non-hydrogen) atoms. The summed E-state index contributed by atoms with van der Waals surface area (Å²) in [6.45, 7) is 1.96. The predicted molar refractivity (Wildman–Crippen MR) is 134 cm³/mol. The Morgan fingerprint density at radius 2 is 1.75 bits per heavy atom. The summed E-state index contributed by atoms with van der Waals surface area (Å²) in [4.78, 5) is 48.5. The van der Waals surface area contributed by atoms with Gasteiger partial charge < -0.3 is 9.84 Å². The topological polar surface area (TPSA) is 113 Å². The predicted octanol–water partition coefficient (Wildman–Crippen LogP) is 2.92. The molecule has 0 amide bonds.